The van der Waals surface area contributed by atoms with E-state index in [0.717, 1.165) is 4.90 Å². The largest absolute Gasteiger partial charge is 0.465 e. The molecule has 1 aromatic rings. The van der Waals surface area contributed by atoms with E-state index < -0.39 is 11.3 Å². The first-order valence-electron chi connectivity index (χ1n) is 6.90. The van der Waals surface area contributed by atoms with E-state index in [1.54, 1.807) is 23.6 Å². The molecule has 0 aromatic carbocycles. The van der Waals surface area contributed by atoms with Crippen molar-refractivity contribution in [1.29, 1.82) is 0 Å². The molecule has 2 aliphatic heterocycles. The van der Waals surface area contributed by atoms with Crippen molar-refractivity contribution in [2.24, 2.45) is 4.99 Å². The minimum Gasteiger partial charge on any atom is -0.465 e. The SMILES string of the molecule is O=C(/C=C/c1ccco1)NCCN1C(=O)N=C2C=CSC2C1=O. The van der Waals surface area contributed by atoms with Gasteiger partial charge in [0, 0.05) is 19.2 Å². The van der Waals surface area contributed by atoms with Crippen molar-refractivity contribution in [2.45, 2.75) is 5.25 Å². The van der Waals surface area contributed by atoms with Gasteiger partial charge in [-0.3, -0.25) is 14.5 Å². The second-order valence-electron chi connectivity index (χ2n) is 4.77. The summed E-state index contributed by atoms with van der Waals surface area (Å²) in [6, 6.07) is 2.85. The lowest BCUT2D eigenvalue weighted by Crippen LogP contribution is -2.49. The van der Waals surface area contributed by atoms with Gasteiger partial charge in [-0.2, -0.15) is 4.99 Å². The van der Waals surface area contributed by atoms with E-state index in [9.17, 15) is 14.4 Å². The summed E-state index contributed by atoms with van der Waals surface area (Å²) < 4.78 is 5.06. The third-order valence-electron chi connectivity index (χ3n) is 3.24. The number of hydrogen-bond donors (Lipinski definition) is 1. The number of amides is 4. The molecule has 0 bridgehead atoms. The van der Waals surface area contributed by atoms with Gasteiger partial charge in [0.15, 0.2) is 0 Å². The van der Waals surface area contributed by atoms with Crippen LogP contribution in [0.1, 0.15) is 5.76 Å². The highest BCUT2D eigenvalue weighted by Gasteiger charge is 2.38. The first kappa shape index (κ1) is 15.3. The zero-order chi connectivity index (χ0) is 16.2. The van der Waals surface area contributed by atoms with Crippen LogP contribution < -0.4 is 5.32 Å². The van der Waals surface area contributed by atoms with Crippen LogP contribution in [0.2, 0.25) is 0 Å². The highest BCUT2D eigenvalue weighted by atomic mass is 32.2. The molecule has 0 aliphatic carbocycles. The Morgan fingerprint density at radius 2 is 2.35 bits per heavy atom. The number of allylic oxidation sites excluding steroid dienone is 1. The first-order valence-corrected chi connectivity index (χ1v) is 7.85. The molecule has 118 valence electrons. The molecule has 1 atom stereocenters. The number of urea groups is 1. The fraction of sp³-hybridized carbons (Fsp3) is 0.200. The van der Waals surface area contributed by atoms with Gasteiger partial charge in [-0.05, 0) is 29.7 Å². The minimum atomic E-state index is -0.589. The molecule has 0 spiro atoms. The summed E-state index contributed by atoms with van der Waals surface area (Å²) in [7, 11) is 0. The Labute approximate surface area is 136 Å². The van der Waals surface area contributed by atoms with Crippen LogP contribution in [0.15, 0.2) is 45.4 Å². The molecule has 4 amide bonds. The minimum absolute atomic E-state index is 0.0891. The number of aliphatic imine (C=N–C) groups is 1. The monoisotopic (exact) mass is 331 g/mol. The zero-order valence-corrected chi connectivity index (χ0v) is 12.8. The van der Waals surface area contributed by atoms with Crippen LogP contribution in [0.3, 0.4) is 0 Å². The van der Waals surface area contributed by atoms with Gasteiger partial charge in [0.2, 0.25) is 11.8 Å². The molecule has 2 aliphatic rings. The molecule has 23 heavy (non-hydrogen) atoms. The highest BCUT2D eigenvalue weighted by Crippen LogP contribution is 2.27. The van der Waals surface area contributed by atoms with Crippen LogP contribution >= 0.6 is 11.8 Å². The molecule has 1 unspecified atom stereocenters. The second kappa shape index (κ2) is 6.66. The van der Waals surface area contributed by atoms with Crippen molar-refractivity contribution in [3.05, 3.63) is 41.7 Å². The van der Waals surface area contributed by atoms with Crippen molar-refractivity contribution >= 4 is 41.4 Å². The molecular formula is C15H13N3O4S. The maximum absolute atomic E-state index is 12.2. The Bertz CT molecular complexity index is 721. The Balaban J connectivity index is 1.50. The molecule has 3 rings (SSSR count). The van der Waals surface area contributed by atoms with E-state index in [-0.39, 0.29) is 24.9 Å². The molecule has 0 saturated carbocycles. The molecule has 7 nitrogen and oxygen atoms in total. The molecule has 1 N–H and O–H groups in total. The molecule has 3 heterocycles. The number of nitrogens with zero attached hydrogens (tertiary/aromatic N) is 2. The number of fused-ring (bicyclic) bond motifs is 1. The van der Waals surface area contributed by atoms with Crippen molar-refractivity contribution in [1.82, 2.24) is 10.2 Å². The average Bonchev–Trinajstić information content (AvgIpc) is 3.19. The van der Waals surface area contributed by atoms with E-state index in [2.05, 4.69) is 10.3 Å². The summed E-state index contributed by atoms with van der Waals surface area (Å²) in [5.41, 5.74) is 0.492. The third kappa shape index (κ3) is 3.42. The van der Waals surface area contributed by atoms with Gasteiger partial charge >= 0.3 is 6.03 Å². The van der Waals surface area contributed by atoms with E-state index in [1.165, 1.54) is 30.2 Å². The lowest BCUT2D eigenvalue weighted by atomic mass is 10.2. The van der Waals surface area contributed by atoms with Crippen LogP contribution in [-0.4, -0.2) is 46.8 Å². The number of thioether (sulfide) groups is 1. The van der Waals surface area contributed by atoms with E-state index >= 15 is 0 Å². The first-order chi connectivity index (χ1) is 11.1. The Kier molecular flexibility index (Phi) is 4.42. The Morgan fingerprint density at radius 1 is 1.48 bits per heavy atom. The Hall–Kier alpha value is -2.61. The van der Waals surface area contributed by atoms with Crippen molar-refractivity contribution in [3.8, 4) is 0 Å². The summed E-state index contributed by atoms with van der Waals surface area (Å²) >= 11 is 1.32. The average molecular weight is 331 g/mol. The van der Waals surface area contributed by atoms with Crippen molar-refractivity contribution < 1.29 is 18.8 Å². The summed E-state index contributed by atoms with van der Waals surface area (Å²) in [5, 5.41) is 3.92. The standard InChI is InChI=1S/C15H13N3O4S/c19-12(4-3-10-2-1-8-22-10)16-6-7-18-14(20)13-11(5-9-23-13)17-15(18)21/h1-5,8-9,13H,6-7H2,(H,16,19)/b4-3+. The number of hydrogen-bond acceptors (Lipinski definition) is 5. The topological polar surface area (TPSA) is 92.0 Å². The van der Waals surface area contributed by atoms with E-state index in [1.807, 2.05) is 0 Å². The van der Waals surface area contributed by atoms with Crippen molar-refractivity contribution in [2.75, 3.05) is 13.1 Å². The van der Waals surface area contributed by atoms with Gasteiger partial charge < -0.3 is 9.73 Å². The predicted octanol–water partition coefficient (Wildman–Crippen LogP) is 1.44. The maximum atomic E-state index is 12.2. The number of nitrogens with one attached hydrogen (secondary N) is 1. The van der Waals surface area contributed by atoms with Gasteiger partial charge in [-0.1, -0.05) is 0 Å². The number of furan rings is 1. The number of rotatable bonds is 5. The van der Waals surface area contributed by atoms with Gasteiger partial charge in [0.1, 0.15) is 11.0 Å². The molecule has 1 aromatic heterocycles. The smallest absolute Gasteiger partial charge is 0.350 e. The van der Waals surface area contributed by atoms with Gasteiger partial charge in [-0.25, -0.2) is 4.79 Å². The number of imide groups is 1. The molecule has 0 radical (unpaired) electrons. The third-order valence-corrected chi connectivity index (χ3v) is 4.25. The fourth-order valence-electron chi connectivity index (χ4n) is 2.13. The molecule has 0 fully saturated rings. The molecule has 0 saturated heterocycles. The fourth-order valence-corrected chi connectivity index (χ4v) is 3.02. The van der Waals surface area contributed by atoms with Gasteiger partial charge in [-0.15, -0.1) is 11.8 Å². The van der Waals surface area contributed by atoms with Crippen LogP contribution in [0.4, 0.5) is 4.79 Å². The highest BCUT2D eigenvalue weighted by molar-refractivity contribution is 8.04. The second-order valence-corrected chi connectivity index (χ2v) is 5.78. The lowest BCUT2D eigenvalue weighted by Gasteiger charge is -2.25. The van der Waals surface area contributed by atoms with Crippen LogP contribution in [0, 0.1) is 0 Å². The Morgan fingerprint density at radius 3 is 3.13 bits per heavy atom. The lowest BCUT2D eigenvalue weighted by molar-refractivity contribution is -0.127. The normalized spacial score (nSPS) is 20.1. The summed E-state index contributed by atoms with van der Waals surface area (Å²) in [6.07, 6.45) is 6.04. The van der Waals surface area contributed by atoms with Crippen molar-refractivity contribution in [3.63, 3.8) is 0 Å². The summed E-state index contributed by atoms with van der Waals surface area (Å²) in [4.78, 5) is 40.6. The van der Waals surface area contributed by atoms with Crippen LogP contribution in [0.5, 0.6) is 0 Å². The summed E-state index contributed by atoms with van der Waals surface area (Å²) in [5.74, 6) is -0.0658. The van der Waals surface area contributed by atoms with Gasteiger partial charge in [0.05, 0.1) is 12.0 Å². The van der Waals surface area contributed by atoms with Gasteiger partial charge in [0.25, 0.3) is 0 Å². The van der Waals surface area contributed by atoms with E-state index in [4.69, 9.17) is 4.42 Å². The van der Waals surface area contributed by atoms with Crippen LogP contribution in [0.25, 0.3) is 6.08 Å². The number of carbonyl (C=O) groups excluding carboxylic acids is 3. The van der Waals surface area contributed by atoms with Crippen LogP contribution in [-0.2, 0) is 9.59 Å². The summed E-state index contributed by atoms with van der Waals surface area (Å²) in [6.45, 7) is 0.250. The quantitative estimate of drug-likeness (QED) is 0.824. The number of carbonyl (C=O) groups is 3. The molecular weight excluding hydrogens is 318 g/mol. The molecule has 8 heteroatoms. The predicted molar refractivity (Wildman–Crippen MR) is 85.8 cm³/mol. The zero-order valence-electron chi connectivity index (χ0n) is 12.0. The maximum Gasteiger partial charge on any atom is 0.350 e. The van der Waals surface area contributed by atoms with E-state index in [0.29, 0.717) is 11.5 Å².